The van der Waals surface area contributed by atoms with E-state index >= 15 is 0 Å². The summed E-state index contributed by atoms with van der Waals surface area (Å²) < 4.78 is 0. The van der Waals surface area contributed by atoms with Crippen molar-refractivity contribution in [1.82, 2.24) is 0 Å². The highest BCUT2D eigenvalue weighted by atomic mass is 14.5. The zero-order valence-electron chi connectivity index (χ0n) is 10.5. The van der Waals surface area contributed by atoms with Crippen molar-refractivity contribution in [2.24, 2.45) is 29.1 Å². The maximum Gasteiger partial charge on any atom is -0.0320 e. The van der Waals surface area contributed by atoms with Crippen molar-refractivity contribution < 1.29 is 0 Å². The third-order valence-corrected chi connectivity index (χ3v) is 5.79. The molecule has 5 unspecified atom stereocenters. The van der Waals surface area contributed by atoms with Crippen LogP contribution in [0, 0.1) is 29.1 Å². The Morgan fingerprint density at radius 3 is 2.47 bits per heavy atom. The summed E-state index contributed by atoms with van der Waals surface area (Å²) in [5, 5.41) is 0. The highest BCUT2D eigenvalue weighted by Crippen LogP contribution is 2.60. The van der Waals surface area contributed by atoms with Gasteiger partial charge < -0.3 is 0 Å². The predicted molar refractivity (Wildman–Crippen MR) is 64.7 cm³/mol. The summed E-state index contributed by atoms with van der Waals surface area (Å²) in [5.74, 6) is 4.40. The van der Waals surface area contributed by atoms with Gasteiger partial charge in [0.2, 0.25) is 0 Å². The van der Waals surface area contributed by atoms with E-state index in [9.17, 15) is 0 Å². The van der Waals surface area contributed by atoms with Gasteiger partial charge in [-0.05, 0) is 61.2 Å². The molecule has 5 atom stereocenters. The average Bonchev–Trinajstić information content (AvgIpc) is 2.73. The highest BCUT2D eigenvalue weighted by Gasteiger charge is 2.49. The van der Waals surface area contributed by atoms with Crippen LogP contribution in [0.4, 0.5) is 0 Å². The summed E-state index contributed by atoms with van der Waals surface area (Å²) in [6.07, 6.45) is 12.4. The van der Waals surface area contributed by atoms with Gasteiger partial charge in [0.1, 0.15) is 0 Å². The minimum atomic E-state index is 0.774. The third kappa shape index (κ3) is 1.74. The van der Waals surface area contributed by atoms with Gasteiger partial charge in [0.05, 0.1) is 0 Å². The van der Waals surface area contributed by atoms with Crippen molar-refractivity contribution in [1.29, 1.82) is 0 Å². The molecule has 0 saturated heterocycles. The van der Waals surface area contributed by atoms with Crippen LogP contribution in [0.1, 0.15) is 65.2 Å². The van der Waals surface area contributed by atoms with E-state index in [0.29, 0.717) is 0 Å². The Labute approximate surface area is 94.8 Å². The molecule has 3 aliphatic rings. The number of hydrogen-bond donors (Lipinski definition) is 0. The number of hydrogen-bond acceptors (Lipinski definition) is 0. The zero-order chi connectivity index (χ0) is 10.5. The van der Waals surface area contributed by atoms with Crippen LogP contribution in [0.3, 0.4) is 0 Å². The molecular formula is C15H26. The van der Waals surface area contributed by atoms with Gasteiger partial charge in [-0.2, -0.15) is 0 Å². The first-order valence-electron chi connectivity index (χ1n) is 7.16. The molecule has 15 heavy (non-hydrogen) atoms. The summed E-state index contributed by atoms with van der Waals surface area (Å²) >= 11 is 0. The summed E-state index contributed by atoms with van der Waals surface area (Å²) in [5.41, 5.74) is 0.774. The van der Waals surface area contributed by atoms with Crippen LogP contribution in [0.15, 0.2) is 0 Å². The molecule has 0 aromatic rings. The quantitative estimate of drug-likeness (QED) is 0.586. The largest absolute Gasteiger partial charge is 0.0625 e. The van der Waals surface area contributed by atoms with Crippen molar-refractivity contribution >= 4 is 0 Å². The van der Waals surface area contributed by atoms with Crippen molar-refractivity contribution in [3.05, 3.63) is 0 Å². The van der Waals surface area contributed by atoms with Crippen LogP contribution >= 0.6 is 0 Å². The first-order valence-corrected chi connectivity index (χ1v) is 7.16. The Hall–Kier alpha value is 0. The molecule has 0 aromatic heterocycles. The van der Waals surface area contributed by atoms with E-state index in [1.54, 1.807) is 32.1 Å². The van der Waals surface area contributed by atoms with E-state index in [2.05, 4.69) is 13.8 Å². The molecule has 3 rings (SSSR count). The molecule has 3 saturated carbocycles. The van der Waals surface area contributed by atoms with Gasteiger partial charge >= 0.3 is 0 Å². The first kappa shape index (κ1) is 10.2. The summed E-state index contributed by atoms with van der Waals surface area (Å²) in [7, 11) is 0. The zero-order valence-corrected chi connectivity index (χ0v) is 10.5. The van der Waals surface area contributed by atoms with Gasteiger partial charge in [-0.3, -0.25) is 0 Å². The van der Waals surface area contributed by atoms with E-state index in [-0.39, 0.29) is 0 Å². The predicted octanol–water partition coefficient (Wildman–Crippen LogP) is 4.64. The van der Waals surface area contributed by atoms with Crippen LogP contribution in [0.25, 0.3) is 0 Å². The second-order valence-corrected chi connectivity index (χ2v) is 7.21. The van der Waals surface area contributed by atoms with Gasteiger partial charge in [-0.1, -0.05) is 33.1 Å². The normalized spacial score (nSPS) is 54.8. The summed E-state index contributed by atoms with van der Waals surface area (Å²) in [6.45, 7) is 5.03. The lowest BCUT2D eigenvalue weighted by molar-refractivity contribution is 0.138. The van der Waals surface area contributed by atoms with Crippen molar-refractivity contribution in [3.63, 3.8) is 0 Å². The minimum Gasteiger partial charge on any atom is -0.0625 e. The Bertz CT molecular complexity index is 244. The number of rotatable bonds is 1. The lowest BCUT2D eigenvalue weighted by Gasteiger charge is -2.37. The molecule has 86 valence electrons. The third-order valence-electron chi connectivity index (χ3n) is 5.79. The van der Waals surface area contributed by atoms with Crippen LogP contribution in [0.2, 0.25) is 0 Å². The molecule has 0 heteroatoms. The van der Waals surface area contributed by atoms with Crippen molar-refractivity contribution in [2.75, 3.05) is 0 Å². The topological polar surface area (TPSA) is 0 Å². The first-order chi connectivity index (χ1) is 7.16. The maximum absolute atomic E-state index is 2.55. The van der Waals surface area contributed by atoms with Gasteiger partial charge in [0.15, 0.2) is 0 Å². The fourth-order valence-electron chi connectivity index (χ4n) is 5.08. The molecule has 0 aliphatic heterocycles. The second-order valence-electron chi connectivity index (χ2n) is 7.21. The lowest BCUT2D eigenvalue weighted by Crippen LogP contribution is -2.27. The standard InChI is InChI=1S/C15H26/c1-11-4-3-5-12(8-11)14-10-15(2)7-6-13(14)9-15/h11-14H,3-10H2,1-2H3. The molecular weight excluding hydrogens is 180 g/mol. The van der Waals surface area contributed by atoms with E-state index in [1.807, 2.05) is 0 Å². The fourth-order valence-corrected chi connectivity index (χ4v) is 5.08. The second kappa shape index (κ2) is 3.50. The van der Waals surface area contributed by atoms with Crippen LogP contribution < -0.4 is 0 Å². The fraction of sp³-hybridized carbons (Fsp3) is 1.00. The minimum absolute atomic E-state index is 0.774. The lowest BCUT2D eigenvalue weighted by atomic mass is 9.69. The Balaban J connectivity index is 1.68. The molecule has 0 aromatic carbocycles. The molecule has 2 bridgehead atoms. The van der Waals surface area contributed by atoms with Crippen LogP contribution in [-0.4, -0.2) is 0 Å². The summed E-state index contributed by atoms with van der Waals surface area (Å²) in [6, 6.07) is 0. The summed E-state index contributed by atoms with van der Waals surface area (Å²) in [4.78, 5) is 0. The molecule has 0 spiro atoms. The molecule has 0 amide bonds. The molecule has 3 fully saturated rings. The maximum atomic E-state index is 2.55. The average molecular weight is 206 g/mol. The Morgan fingerprint density at radius 2 is 1.87 bits per heavy atom. The molecule has 0 N–H and O–H groups in total. The van der Waals surface area contributed by atoms with E-state index in [0.717, 1.165) is 29.1 Å². The SMILES string of the molecule is CC1CCCC(C2CC3(C)CCC2C3)C1. The molecule has 0 radical (unpaired) electrons. The van der Waals surface area contributed by atoms with Crippen molar-refractivity contribution in [2.45, 2.75) is 65.2 Å². The van der Waals surface area contributed by atoms with Gasteiger partial charge in [-0.15, -0.1) is 0 Å². The van der Waals surface area contributed by atoms with Gasteiger partial charge in [0.25, 0.3) is 0 Å². The van der Waals surface area contributed by atoms with E-state index < -0.39 is 0 Å². The highest BCUT2D eigenvalue weighted by molar-refractivity contribution is 5.00. The smallest absolute Gasteiger partial charge is 0.0320 e. The molecule has 3 aliphatic carbocycles. The Kier molecular flexibility index (Phi) is 2.37. The van der Waals surface area contributed by atoms with Crippen LogP contribution in [0.5, 0.6) is 0 Å². The van der Waals surface area contributed by atoms with Crippen LogP contribution in [-0.2, 0) is 0 Å². The number of fused-ring (bicyclic) bond motifs is 2. The Morgan fingerprint density at radius 1 is 1.00 bits per heavy atom. The van der Waals surface area contributed by atoms with E-state index in [1.165, 1.54) is 19.3 Å². The molecule has 0 heterocycles. The molecule has 0 nitrogen and oxygen atoms in total. The monoisotopic (exact) mass is 206 g/mol. The van der Waals surface area contributed by atoms with Gasteiger partial charge in [-0.25, -0.2) is 0 Å². The van der Waals surface area contributed by atoms with E-state index in [4.69, 9.17) is 0 Å². The van der Waals surface area contributed by atoms with Crippen molar-refractivity contribution in [3.8, 4) is 0 Å². The van der Waals surface area contributed by atoms with Gasteiger partial charge in [0, 0.05) is 0 Å².